The minimum Gasteiger partial charge on any atom is -0.450 e. The lowest BCUT2D eigenvalue weighted by Crippen LogP contribution is -2.55. The molecule has 2 heterocycles. The molecule has 0 unspecified atom stereocenters. The van der Waals surface area contributed by atoms with Crippen molar-refractivity contribution in [2.24, 2.45) is 0 Å². The first kappa shape index (κ1) is 20.1. The molecule has 2 fully saturated rings. The van der Waals surface area contributed by atoms with Crippen molar-refractivity contribution in [1.82, 2.24) is 9.80 Å². The summed E-state index contributed by atoms with van der Waals surface area (Å²) in [5.41, 5.74) is 0. The first-order valence-electron chi connectivity index (χ1n) is 8.90. The monoisotopic (exact) mass is 416 g/mol. The molecule has 0 aromatic heterocycles. The van der Waals surface area contributed by atoms with Crippen molar-refractivity contribution in [2.75, 3.05) is 44.3 Å². The Morgan fingerprint density at radius 1 is 1.11 bits per heavy atom. The highest BCUT2D eigenvalue weighted by molar-refractivity contribution is 7.96. The molecule has 10 heteroatoms. The second-order valence-corrected chi connectivity index (χ2v) is 11.1. The van der Waals surface area contributed by atoms with Crippen molar-refractivity contribution in [2.45, 2.75) is 23.1 Å². The number of nitrogens with zero attached hydrogens (tertiary/aromatic N) is 2. The van der Waals surface area contributed by atoms with Crippen molar-refractivity contribution < 1.29 is 26.4 Å². The summed E-state index contributed by atoms with van der Waals surface area (Å²) in [5, 5.41) is -1.00. The molecule has 0 saturated carbocycles. The van der Waals surface area contributed by atoms with E-state index in [9.17, 15) is 21.6 Å². The Bertz CT molecular complexity index is 877. The number of hydrogen-bond donors (Lipinski definition) is 0. The number of carbonyl (C=O) groups is 1. The van der Waals surface area contributed by atoms with Gasteiger partial charge < -0.3 is 9.64 Å². The number of sulfone groups is 2. The molecule has 3 rings (SSSR count). The van der Waals surface area contributed by atoms with Gasteiger partial charge in [0, 0.05) is 32.2 Å². The Balaban J connectivity index is 1.79. The molecule has 2 aliphatic heterocycles. The van der Waals surface area contributed by atoms with Gasteiger partial charge in [-0.1, -0.05) is 18.2 Å². The molecule has 2 saturated heterocycles. The van der Waals surface area contributed by atoms with Crippen molar-refractivity contribution in [3.05, 3.63) is 30.3 Å². The van der Waals surface area contributed by atoms with E-state index in [0.717, 1.165) is 0 Å². The summed E-state index contributed by atoms with van der Waals surface area (Å²) in [6.07, 6.45) is -0.398. The predicted molar refractivity (Wildman–Crippen MR) is 100 cm³/mol. The van der Waals surface area contributed by atoms with Gasteiger partial charge in [0.2, 0.25) is 0 Å². The van der Waals surface area contributed by atoms with Crippen LogP contribution in [0, 0.1) is 0 Å². The summed E-state index contributed by atoms with van der Waals surface area (Å²) < 4.78 is 55.6. The van der Waals surface area contributed by atoms with Crippen molar-refractivity contribution in [3.63, 3.8) is 0 Å². The molecule has 0 aliphatic carbocycles. The molecule has 27 heavy (non-hydrogen) atoms. The van der Waals surface area contributed by atoms with E-state index in [2.05, 4.69) is 0 Å². The maximum atomic E-state index is 13.1. The van der Waals surface area contributed by atoms with Gasteiger partial charge in [0.25, 0.3) is 0 Å². The van der Waals surface area contributed by atoms with Gasteiger partial charge in [-0.15, -0.1) is 0 Å². The summed E-state index contributed by atoms with van der Waals surface area (Å²) in [5.74, 6) is -0.546. The third kappa shape index (κ3) is 4.27. The second-order valence-electron chi connectivity index (χ2n) is 6.76. The van der Waals surface area contributed by atoms with Crippen LogP contribution in [0.5, 0.6) is 0 Å². The summed E-state index contributed by atoms with van der Waals surface area (Å²) in [6.45, 7) is 3.62. The molecule has 2 aliphatic rings. The largest absolute Gasteiger partial charge is 0.450 e. The predicted octanol–water partition coefficient (Wildman–Crippen LogP) is 0.400. The number of carbonyl (C=O) groups excluding carboxylic acids is 1. The van der Waals surface area contributed by atoms with Gasteiger partial charge in [0.15, 0.2) is 19.7 Å². The number of benzene rings is 1. The summed E-state index contributed by atoms with van der Waals surface area (Å²) >= 11 is 0. The average Bonchev–Trinajstić information content (AvgIpc) is 2.99. The Morgan fingerprint density at radius 2 is 1.74 bits per heavy atom. The maximum absolute atomic E-state index is 13.1. The SMILES string of the molecule is CCOC(=O)N1CCN([C@H]2CS(=O)(=O)C[C@@H]2S(=O)(=O)c2ccccc2)CC1. The molecule has 1 aromatic carbocycles. The highest BCUT2D eigenvalue weighted by Crippen LogP contribution is 2.29. The van der Waals surface area contributed by atoms with Crippen molar-refractivity contribution in [3.8, 4) is 0 Å². The van der Waals surface area contributed by atoms with Gasteiger partial charge >= 0.3 is 6.09 Å². The van der Waals surface area contributed by atoms with Crippen LogP contribution in [-0.4, -0.2) is 88.3 Å². The lowest BCUT2D eigenvalue weighted by molar-refractivity contribution is 0.0700. The zero-order valence-electron chi connectivity index (χ0n) is 15.2. The Kier molecular flexibility index (Phi) is 5.78. The van der Waals surface area contributed by atoms with Crippen molar-refractivity contribution >= 4 is 25.8 Å². The van der Waals surface area contributed by atoms with Crippen LogP contribution >= 0.6 is 0 Å². The number of rotatable bonds is 4. The van der Waals surface area contributed by atoms with Gasteiger partial charge in [0.1, 0.15) is 0 Å². The summed E-state index contributed by atoms with van der Waals surface area (Å²) in [6, 6.07) is 7.36. The third-order valence-electron chi connectivity index (χ3n) is 5.05. The first-order valence-corrected chi connectivity index (χ1v) is 12.3. The lowest BCUT2D eigenvalue weighted by Gasteiger charge is -2.38. The van der Waals surface area contributed by atoms with Gasteiger partial charge in [0.05, 0.1) is 28.3 Å². The molecule has 0 bridgehead atoms. The van der Waals surface area contributed by atoms with Crippen LogP contribution in [0.4, 0.5) is 4.79 Å². The number of amides is 1. The standard InChI is InChI=1S/C17H24N2O6S2/c1-2-25-17(20)19-10-8-18(9-11-19)15-12-26(21,22)13-16(15)27(23,24)14-6-4-3-5-7-14/h3-7,15-16H,2,8-13H2,1H3/t15-,16-/m0/s1. The molecular weight excluding hydrogens is 392 g/mol. The van der Waals surface area contributed by atoms with Crippen LogP contribution in [0.15, 0.2) is 35.2 Å². The minimum absolute atomic E-state index is 0.141. The van der Waals surface area contributed by atoms with Gasteiger partial charge in [-0.2, -0.15) is 0 Å². The normalized spacial score (nSPS) is 26.0. The lowest BCUT2D eigenvalue weighted by atomic mass is 10.2. The van der Waals surface area contributed by atoms with Gasteiger partial charge in [-0.3, -0.25) is 4.90 Å². The van der Waals surface area contributed by atoms with Crippen LogP contribution in [0.25, 0.3) is 0 Å². The Labute approximate surface area is 159 Å². The Hall–Kier alpha value is -1.65. The average molecular weight is 417 g/mol. The molecule has 0 radical (unpaired) electrons. The molecule has 1 amide bonds. The molecule has 8 nitrogen and oxygen atoms in total. The van der Waals surface area contributed by atoms with E-state index in [1.807, 2.05) is 4.90 Å². The van der Waals surface area contributed by atoms with Crippen molar-refractivity contribution in [1.29, 1.82) is 0 Å². The highest BCUT2D eigenvalue weighted by Gasteiger charge is 2.48. The van der Waals surface area contributed by atoms with Crippen LogP contribution in [0.2, 0.25) is 0 Å². The zero-order chi connectivity index (χ0) is 19.7. The van der Waals surface area contributed by atoms with E-state index in [4.69, 9.17) is 4.74 Å². The van der Waals surface area contributed by atoms with E-state index >= 15 is 0 Å². The fraction of sp³-hybridized carbons (Fsp3) is 0.588. The minimum atomic E-state index is -3.77. The molecule has 150 valence electrons. The van der Waals surface area contributed by atoms with E-state index in [1.165, 1.54) is 12.1 Å². The Morgan fingerprint density at radius 3 is 2.33 bits per heavy atom. The summed E-state index contributed by atoms with van der Waals surface area (Å²) in [4.78, 5) is 15.4. The topological polar surface area (TPSA) is 101 Å². The fourth-order valence-electron chi connectivity index (χ4n) is 3.67. The van der Waals surface area contributed by atoms with Crippen LogP contribution in [-0.2, 0) is 24.4 Å². The van der Waals surface area contributed by atoms with Gasteiger partial charge in [-0.25, -0.2) is 21.6 Å². The third-order valence-corrected chi connectivity index (χ3v) is 9.19. The molecule has 2 atom stereocenters. The summed E-state index contributed by atoms with van der Waals surface area (Å²) in [7, 11) is -7.22. The quantitative estimate of drug-likeness (QED) is 0.700. The van der Waals surface area contributed by atoms with Gasteiger partial charge in [-0.05, 0) is 19.1 Å². The highest BCUT2D eigenvalue weighted by atomic mass is 32.2. The van der Waals surface area contributed by atoms with Crippen LogP contribution < -0.4 is 0 Å². The van der Waals surface area contributed by atoms with E-state index < -0.39 is 37.1 Å². The first-order chi connectivity index (χ1) is 12.7. The number of ether oxygens (including phenoxy) is 1. The number of hydrogen-bond acceptors (Lipinski definition) is 7. The molecule has 0 spiro atoms. The van der Waals surface area contributed by atoms with Crippen LogP contribution in [0.1, 0.15) is 6.92 Å². The molecule has 1 aromatic rings. The maximum Gasteiger partial charge on any atom is 0.409 e. The van der Waals surface area contributed by atoms with E-state index in [-0.39, 0.29) is 23.0 Å². The fourth-order valence-corrected chi connectivity index (χ4v) is 8.52. The van der Waals surface area contributed by atoms with Crippen LogP contribution in [0.3, 0.4) is 0 Å². The van der Waals surface area contributed by atoms with E-state index in [0.29, 0.717) is 26.2 Å². The number of piperazine rings is 1. The van der Waals surface area contributed by atoms with E-state index in [1.54, 1.807) is 30.0 Å². The molecule has 0 N–H and O–H groups in total. The zero-order valence-corrected chi connectivity index (χ0v) is 16.8. The smallest absolute Gasteiger partial charge is 0.409 e. The second kappa shape index (κ2) is 7.76. The molecular formula is C17H24N2O6S2.